The second kappa shape index (κ2) is 10.0. The molecule has 2 N–H and O–H groups in total. The third-order valence-corrected chi connectivity index (χ3v) is 7.49. The van der Waals surface area contributed by atoms with Crippen molar-refractivity contribution >= 4 is 38.6 Å². The fourth-order valence-electron chi connectivity index (χ4n) is 4.12. The van der Waals surface area contributed by atoms with E-state index in [1.165, 1.54) is 22.2 Å². The van der Waals surface area contributed by atoms with E-state index in [4.69, 9.17) is 4.74 Å². The van der Waals surface area contributed by atoms with Gasteiger partial charge in [0.05, 0.1) is 7.11 Å². The molecule has 10 nitrogen and oxygen atoms in total. The highest BCUT2D eigenvalue weighted by atomic mass is 32.1. The predicted molar refractivity (Wildman–Crippen MR) is 133 cm³/mol. The van der Waals surface area contributed by atoms with E-state index in [9.17, 15) is 14.4 Å². The molecule has 0 unspecified atom stereocenters. The summed E-state index contributed by atoms with van der Waals surface area (Å²) in [4.78, 5) is 48.7. The van der Waals surface area contributed by atoms with Gasteiger partial charge in [-0.05, 0) is 43.4 Å². The number of rotatable bonds is 8. The van der Waals surface area contributed by atoms with Gasteiger partial charge in [0.2, 0.25) is 11.8 Å². The second-order valence-electron chi connectivity index (χ2n) is 9.00. The van der Waals surface area contributed by atoms with Crippen molar-refractivity contribution in [3.8, 4) is 5.75 Å². The van der Waals surface area contributed by atoms with Crippen LogP contribution in [0, 0.1) is 5.92 Å². The maximum absolute atomic E-state index is 13.0. The molecule has 3 aromatic rings. The summed E-state index contributed by atoms with van der Waals surface area (Å²) < 4.78 is 6.87. The number of methoxy groups -OCH3 is 1. The summed E-state index contributed by atoms with van der Waals surface area (Å²) in [6, 6.07) is 7.79. The van der Waals surface area contributed by atoms with Crippen LogP contribution < -0.4 is 25.8 Å². The van der Waals surface area contributed by atoms with Crippen molar-refractivity contribution in [2.75, 3.05) is 25.1 Å². The lowest BCUT2D eigenvalue weighted by molar-refractivity contribution is -0.125. The number of amides is 2. The molecule has 2 aromatic heterocycles. The summed E-state index contributed by atoms with van der Waals surface area (Å²) >= 11 is 1.29. The van der Waals surface area contributed by atoms with E-state index in [0.717, 1.165) is 42.1 Å². The summed E-state index contributed by atoms with van der Waals surface area (Å²) in [7, 11) is 1.60. The van der Waals surface area contributed by atoms with Gasteiger partial charge < -0.3 is 20.3 Å². The maximum Gasteiger partial charge on any atom is 0.273 e. The van der Waals surface area contributed by atoms with E-state index in [0.29, 0.717) is 36.0 Å². The average Bonchev–Trinajstić information content (AvgIpc) is 3.59. The van der Waals surface area contributed by atoms with Crippen LogP contribution in [0.3, 0.4) is 0 Å². The zero-order chi connectivity index (χ0) is 24.4. The van der Waals surface area contributed by atoms with E-state index in [-0.39, 0.29) is 29.8 Å². The molecule has 35 heavy (non-hydrogen) atoms. The van der Waals surface area contributed by atoms with Crippen molar-refractivity contribution in [2.45, 2.75) is 44.8 Å². The molecule has 184 valence electrons. The Morgan fingerprint density at radius 2 is 1.89 bits per heavy atom. The number of nitrogens with one attached hydrogen (secondary N) is 2. The molecule has 2 amide bonds. The number of hydrogen-bond donors (Lipinski definition) is 2. The average molecular weight is 497 g/mol. The molecule has 5 rings (SSSR count). The number of carbonyl (C=O) groups is 2. The van der Waals surface area contributed by atoms with E-state index in [2.05, 4.69) is 25.5 Å². The summed E-state index contributed by atoms with van der Waals surface area (Å²) in [5.41, 5.74) is 1.04. The highest BCUT2D eigenvalue weighted by Gasteiger charge is 2.30. The first kappa shape index (κ1) is 23.3. The molecule has 1 aromatic carbocycles. The molecule has 3 heterocycles. The third-order valence-electron chi connectivity index (χ3n) is 6.40. The molecular weight excluding hydrogens is 468 g/mol. The van der Waals surface area contributed by atoms with Crippen molar-refractivity contribution in [2.24, 2.45) is 5.92 Å². The molecule has 11 heteroatoms. The Hall–Kier alpha value is -3.47. The fraction of sp³-hybridized carbons (Fsp3) is 0.458. The normalized spacial score (nSPS) is 16.3. The fourth-order valence-corrected chi connectivity index (χ4v) is 5.14. The van der Waals surface area contributed by atoms with Crippen molar-refractivity contribution < 1.29 is 14.3 Å². The standard InChI is InChI=1S/C24H28N6O4S/c1-34-18-6-2-15(3-7-18)12-25-19(31)13-30-14-26-21-20(23(30)33)35-24(28-21)29-10-8-16(9-11-29)22(32)27-17-4-5-17/h2-3,6-7,14,16-17H,4-5,8-13H2,1H3,(H,25,31)(H,27,32). The number of carbonyl (C=O) groups excluding carboxylic acids is 2. The van der Waals surface area contributed by atoms with Gasteiger partial charge in [-0.3, -0.25) is 19.0 Å². The SMILES string of the molecule is COc1ccc(CNC(=O)Cn2cnc3nc(N4CCC(C(=O)NC5CC5)CC4)sc3c2=O)cc1. The van der Waals surface area contributed by atoms with Crippen molar-refractivity contribution in [1.29, 1.82) is 0 Å². The lowest BCUT2D eigenvalue weighted by atomic mass is 9.96. The number of hydrogen-bond acceptors (Lipinski definition) is 8. The Morgan fingerprint density at radius 3 is 2.57 bits per heavy atom. The molecule has 0 radical (unpaired) electrons. The number of benzene rings is 1. The molecule has 0 bridgehead atoms. The second-order valence-corrected chi connectivity index (χ2v) is 9.97. The van der Waals surface area contributed by atoms with Crippen molar-refractivity contribution in [1.82, 2.24) is 25.2 Å². The van der Waals surface area contributed by atoms with Gasteiger partial charge in [0.25, 0.3) is 5.56 Å². The summed E-state index contributed by atoms with van der Waals surface area (Å²) in [5.74, 6) is 0.665. The minimum atomic E-state index is -0.281. The Labute approximate surface area is 206 Å². The monoisotopic (exact) mass is 496 g/mol. The maximum atomic E-state index is 13.0. The molecule has 2 aliphatic rings. The first-order chi connectivity index (χ1) is 17.0. The van der Waals surface area contributed by atoms with E-state index in [1.807, 2.05) is 24.3 Å². The van der Waals surface area contributed by atoms with Crippen LogP contribution in [0.25, 0.3) is 10.3 Å². The molecule has 1 aliphatic carbocycles. The number of thiazole rings is 1. The number of piperidine rings is 1. The Kier molecular flexibility index (Phi) is 6.67. The molecule has 0 atom stereocenters. The molecule has 2 fully saturated rings. The van der Waals surface area contributed by atoms with Crippen molar-refractivity contribution in [3.63, 3.8) is 0 Å². The van der Waals surface area contributed by atoms with Crippen LogP contribution in [0.2, 0.25) is 0 Å². The highest BCUT2D eigenvalue weighted by Crippen LogP contribution is 2.30. The van der Waals surface area contributed by atoms with Crippen LogP contribution in [0.1, 0.15) is 31.2 Å². The van der Waals surface area contributed by atoms with Gasteiger partial charge in [0.15, 0.2) is 10.8 Å². The topological polar surface area (TPSA) is 118 Å². The number of ether oxygens (including phenoxy) is 1. The quantitative estimate of drug-likeness (QED) is 0.487. The van der Waals surface area contributed by atoms with Crippen LogP contribution in [-0.4, -0.2) is 52.6 Å². The van der Waals surface area contributed by atoms with Crippen LogP contribution >= 0.6 is 11.3 Å². The van der Waals surface area contributed by atoms with Crippen molar-refractivity contribution in [3.05, 3.63) is 46.5 Å². The van der Waals surface area contributed by atoms with Gasteiger partial charge in [-0.15, -0.1) is 0 Å². The molecular formula is C24H28N6O4S. The number of nitrogens with zero attached hydrogens (tertiary/aromatic N) is 4. The van der Waals surface area contributed by atoms with Crippen LogP contribution in [-0.2, 0) is 22.7 Å². The molecule has 0 spiro atoms. The van der Waals surface area contributed by atoms with E-state index >= 15 is 0 Å². The summed E-state index contributed by atoms with van der Waals surface area (Å²) in [6.07, 6.45) is 5.08. The number of anilines is 1. The van der Waals surface area contributed by atoms with Crippen LogP contribution in [0.4, 0.5) is 5.13 Å². The predicted octanol–water partition coefficient (Wildman–Crippen LogP) is 1.67. The van der Waals surface area contributed by atoms with E-state index < -0.39 is 0 Å². The Bertz CT molecular complexity index is 1280. The minimum Gasteiger partial charge on any atom is -0.497 e. The molecule has 1 saturated heterocycles. The zero-order valence-corrected chi connectivity index (χ0v) is 20.3. The number of aromatic nitrogens is 3. The largest absolute Gasteiger partial charge is 0.497 e. The molecule has 1 saturated carbocycles. The summed E-state index contributed by atoms with van der Waals surface area (Å²) in [5, 5.41) is 6.64. The Balaban J connectivity index is 1.19. The first-order valence-corrected chi connectivity index (χ1v) is 12.6. The van der Waals surface area contributed by atoms with E-state index in [1.54, 1.807) is 7.11 Å². The van der Waals surface area contributed by atoms with Gasteiger partial charge in [-0.1, -0.05) is 23.5 Å². The van der Waals surface area contributed by atoms with Crippen LogP contribution in [0.15, 0.2) is 35.4 Å². The lowest BCUT2D eigenvalue weighted by Crippen LogP contribution is -2.41. The highest BCUT2D eigenvalue weighted by molar-refractivity contribution is 7.22. The number of fused-ring (bicyclic) bond motifs is 1. The molecule has 1 aliphatic heterocycles. The smallest absolute Gasteiger partial charge is 0.273 e. The Morgan fingerprint density at radius 1 is 1.14 bits per heavy atom. The van der Waals surface area contributed by atoms with Gasteiger partial charge in [-0.25, -0.2) is 4.98 Å². The van der Waals surface area contributed by atoms with Gasteiger partial charge >= 0.3 is 0 Å². The first-order valence-electron chi connectivity index (χ1n) is 11.8. The third kappa shape index (κ3) is 5.45. The van der Waals surface area contributed by atoms with Crippen LogP contribution in [0.5, 0.6) is 5.75 Å². The van der Waals surface area contributed by atoms with Gasteiger partial charge in [-0.2, -0.15) is 4.98 Å². The zero-order valence-electron chi connectivity index (χ0n) is 19.5. The summed E-state index contributed by atoms with van der Waals surface area (Å²) in [6.45, 7) is 1.66. The van der Waals surface area contributed by atoms with Gasteiger partial charge in [0, 0.05) is 31.6 Å². The minimum absolute atomic E-state index is 0.0352. The lowest BCUT2D eigenvalue weighted by Gasteiger charge is -2.30. The van der Waals surface area contributed by atoms with Gasteiger partial charge in [0.1, 0.15) is 23.3 Å².